The van der Waals surface area contributed by atoms with E-state index >= 15 is 0 Å². The van der Waals surface area contributed by atoms with Gasteiger partial charge < -0.3 is 10.1 Å². The molecule has 1 saturated heterocycles. The fourth-order valence-corrected chi connectivity index (χ4v) is 2.64. The highest BCUT2D eigenvalue weighted by Gasteiger charge is 2.24. The first-order chi connectivity index (χ1) is 8.58. The summed E-state index contributed by atoms with van der Waals surface area (Å²) in [5.74, 6) is -0.132. The Balaban J connectivity index is 2.04. The summed E-state index contributed by atoms with van der Waals surface area (Å²) in [6.45, 7) is 2.75. The monoisotopic (exact) mass is 331 g/mol. The van der Waals surface area contributed by atoms with E-state index in [9.17, 15) is 4.79 Å². The number of ether oxygens (including phenoxy) is 1. The number of hydrogen-bond acceptors (Lipinski definition) is 2. The Morgan fingerprint density at radius 1 is 1.61 bits per heavy atom. The smallest absolute Gasteiger partial charge is 0.252 e. The van der Waals surface area contributed by atoms with Gasteiger partial charge in [0.25, 0.3) is 5.91 Å². The molecule has 1 aromatic rings. The van der Waals surface area contributed by atoms with E-state index in [1.54, 1.807) is 18.2 Å². The SMILES string of the molecule is C[C@@H](NC(=O)c1cc(Cl)ccc1Br)[C@@H]1CCCO1. The second-order valence-corrected chi connectivity index (χ2v) is 5.73. The number of nitrogens with one attached hydrogen (secondary N) is 1. The van der Waals surface area contributed by atoms with Gasteiger partial charge in [-0.15, -0.1) is 0 Å². The molecule has 1 heterocycles. The molecule has 0 unspecified atom stereocenters. The van der Waals surface area contributed by atoms with Gasteiger partial charge in [0, 0.05) is 16.1 Å². The van der Waals surface area contributed by atoms with E-state index in [1.165, 1.54) is 0 Å². The van der Waals surface area contributed by atoms with Crippen LogP contribution in [-0.4, -0.2) is 24.7 Å². The maximum atomic E-state index is 12.1. The molecule has 5 heteroatoms. The van der Waals surface area contributed by atoms with Crippen molar-refractivity contribution in [2.24, 2.45) is 0 Å². The summed E-state index contributed by atoms with van der Waals surface area (Å²) >= 11 is 9.25. The van der Waals surface area contributed by atoms with Crippen LogP contribution in [0.1, 0.15) is 30.1 Å². The Morgan fingerprint density at radius 2 is 2.39 bits per heavy atom. The normalized spacial score (nSPS) is 20.7. The molecular weight excluding hydrogens is 318 g/mol. The number of carbonyl (C=O) groups excluding carboxylic acids is 1. The molecule has 0 aliphatic carbocycles. The fraction of sp³-hybridized carbons (Fsp3) is 0.462. The molecule has 1 amide bonds. The third-order valence-corrected chi connectivity index (χ3v) is 3.98. The molecule has 1 N–H and O–H groups in total. The zero-order chi connectivity index (χ0) is 13.1. The standard InChI is InChI=1S/C13H15BrClNO2/c1-8(12-3-2-6-18-12)16-13(17)10-7-9(15)4-5-11(10)14/h4-5,7-8,12H,2-3,6H2,1H3,(H,16,17)/t8-,12+/m1/s1. The summed E-state index contributed by atoms with van der Waals surface area (Å²) in [5.41, 5.74) is 0.548. The van der Waals surface area contributed by atoms with Gasteiger partial charge in [-0.2, -0.15) is 0 Å². The predicted octanol–water partition coefficient (Wildman–Crippen LogP) is 3.40. The molecular formula is C13H15BrClNO2. The predicted molar refractivity (Wildman–Crippen MR) is 75.1 cm³/mol. The lowest BCUT2D eigenvalue weighted by Gasteiger charge is -2.20. The van der Waals surface area contributed by atoms with Crippen LogP contribution in [0, 0.1) is 0 Å². The largest absolute Gasteiger partial charge is 0.376 e. The number of rotatable bonds is 3. The Kier molecular flexibility index (Phi) is 4.65. The van der Waals surface area contributed by atoms with Crippen LogP contribution in [-0.2, 0) is 4.74 Å². The topological polar surface area (TPSA) is 38.3 Å². The Labute approximate surface area is 120 Å². The van der Waals surface area contributed by atoms with E-state index in [4.69, 9.17) is 16.3 Å². The van der Waals surface area contributed by atoms with E-state index < -0.39 is 0 Å². The van der Waals surface area contributed by atoms with E-state index in [-0.39, 0.29) is 18.1 Å². The lowest BCUT2D eigenvalue weighted by Crippen LogP contribution is -2.40. The lowest BCUT2D eigenvalue weighted by molar-refractivity contribution is 0.0712. The highest BCUT2D eigenvalue weighted by molar-refractivity contribution is 9.10. The number of benzene rings is 1. The number of hydrogen-bond donors (Lipinski definition) is 1. The van der Waals surface area contributed by atoms with Gasteiger partial charge in [-0.05, 0) is 53.9 Å². The molecule has 0 spiro atoms. The van der Waals surface area contributed by atoms with Crippen LogP contribution in [0.4, 0.5) is 0 Å². The van der Waals surface area contributed by atoms with E-state index in [0.29, 0.717) is 10.6 Å². The first-order valence-corrected chi connectivity index (χ1v) is 7.12. The Morgan fingerprint density at radius 3 is 3.06 bits per heavy atom. The minimum absolute atomic E-state index is 0.00545. The summed E-state index contributed by atoms with van der Waals surface area (Å²) in [6, 6.07) is 5.18. The van der Waals surface area contributed by atoms with Gasteiger partial charge in [-0.3, -0.25) is 4.79 Å². The van der Waals surface area contributed by atoms with Crippen molar-refractivity contribution in [2.75, 3.05) is 6.61 Å². The van der Waals surface area contributed by atoms with Gasteiger partial charge in [0.2, 0.25) is 0 Å². The lowest BCUT2D eigenvalue weighted by atomic mass is 10.1. The van der Waals surface area contributed by atoms with Crippen molar-refractivity contribution >= 4 is 33.4 Å². The number of halogens is 2. The fourth-order valence-electron chi connectivity index (χ4n) is 2.05. The quantitative estimate of drug-likeness (QED) is 0.921. The molecule has 0 bridgehead atoms. The van der Waals surface area contributed by atoms with Crippen LogP contribution in [0.2, 0.25) is 5.02 Å². The molecule has 1 aliphatic rings. The summed E-state index contributed by atoms with van der Waals surface area (Å²) in [5, 5.41) is 3.50. The maximum absolute atomic E-state index is 12.1. The molecule has 0 radical (unpaired) electrons. The first kappa shape index (κ1) is 13.8. The van der Waals surface area contributed by atoms with Crippen LogP contribution in [0.5, 0.6) is 0 Å². The molecule has 18 heavy (non-hydrogen) atoms. The van der Waals surface area contributed by atoms with E-state index in [2.05, 4.69) is 21.2 Å². The van der Waals surface area contributed by atoms with E-state index in [0.717, 1.165) is 23.9 Å². The number of carbonyl (C=O) groups is 1. The molecule has 1 aromatic carbocycles. The first-order valence-electron chi connectivity index (χ1n) is 5.95. The van der Waals surface area contributed by atoms with Gasteiger partial charge in [-0.1, -0.05) is 11.6 Å². The van der Waals surface area contributed by atoms with Crippen molar-refractivity contribution in [3.8, 4) is 0 Å². The van der Waals surface area contributed by atoms with Gasteiger partial charge in [0.1, 0.15) is 0 Å². The molecule has 1 fully saturated rings. The molecule has 3 nitrogen and oxygen atoms in total. The molecule has 98 valence electrons. The van der Waals surface area contributed by atoms with Crippen molar-refractivity contribution in [3.63, 3.8) is 0 Å². The molecule has 1 aliphatic heterocycles. The summed E-state index contributed by atoms with van der Waals surface area (Å²) in [4.78, 5) is 12.1. The average Bonchev–Trinajstić information content (AvgIpc) is 2.85. The minimum atomic E-state index is -0.132. The van der Waals surface area contributed by atoms with Crippen molar-refractivity contribution < 1.29 is 9.53 Å². The van der Waals surface area contributed by atoms with Crippen molar-refractivity contribution in [1.29, 1.82) is 0 Å². The van der Waals surface area contributed by atoms with Crippen LogP contribution in [0.25, 0.3) is 0 Å². The molecule has 2 rings (SSSR count). The second-order valence-electron chi connectivity index (χ2n) is 4.44. The maximum Gasteiger partial charge on any atom is 0.252 e. The number of amides is 1. The molecule has 0 saturated carbocycles. The van der Waals surface area contributed by atoms with Crippen LogP contribution < -0.4 is 5.32 Å². The van der Waals surface area contributed by atoms with Gasteiger partial charge in [0.05, 0.1) is 17.7 Å². The highest BCUT2D eigenvalue weighted by atomic mass is 79.9. The van der Waals surface area contributed by atoms with E-state index in [1.807, 2.05) is 6.92 Å². The summed E-state index contributed by atoms with van der Waals surface area (Å²) in [6.07, 6.45) is 2.18. The van der Waals surface area contributed by atoms with Crippen LogP contribution in [0.3, 0.4) is 0 Å². The second kappa shape index (κ2) is 6.04. The third kappa shape index (κ3) is 3.25. The van der Waals surface area contributed by atoms with Crippen molar-refractivity contribution in [3.05, 3.63) is 33.3 Å². The van der Waals surface area contributed by atoms with Crippen LogP contribution in [0.15, 0.2) is 22.7 Å². The molecule has 0 aromatic heterocycles. The van der Waals surface area contributed by atoms with Gasteiger partial charge in [-0.25, -0.2) is 0 Å². The van der Waals surface area contributed by atoms with Crippen molar-refractivity contribution in [1.82, 2.24) is 5.32 Å². The Bertz CT molecular complexity index is 447. The molecule has 2 atom stereocenters. The minimum Gasteiger partial charge on any atom is -0.376 e. The third-order valence-electron chi connectivity index (χ3n) is 3.05. The van der Waals surface area contributed by atoms with Gasteiger partial charge >= 0.3 is 0 Å². The zero-order valence-corrected chi connectivity index (χ0v) is 12.4. The zero-order valence-electron chi connectivity index (χ0n) is 10.1. The van der Waals surface area contributed by atoms with Gasteiger partial charge in [0.15, 0.2) is 0 Å². The highest BCUT2D eigenvalue weighted by Crippen LogP contribution is 2.22. The van der Waals surface area contributed by atoms with Crippen molar-refractivity contribution in [2.45, 2.75) is 31.9 Å². The average molecular weight is 333 g/mol. The summed E-state index contributed by atoms with van der Waals surface area (Å²) in [7, 11) is 0. The Hall–Kier alpha value is -0.580. The summed E-state index contributed by atoms with van der Waals surface area (Å²) < 4.78 is 6.29. The van der Waals surface area contributed by atoms with Crippen LogP contribution >= 0.6 is 27.5 Å².